The molecule has 0 radical (unpaired) electrons. The third-order valence-corrected chi connectivity index (χ3v) is 7.75. The van der Waals surface area contributed by atoms with Gasteiger partial charge in [0.05, 0.1) is 37.4 Å². The van der Waals surface area contributed by atoms with Crippen molar-refractivity contribution in [2.45, 2.75) is 52.6 Å². The Balaban J connectivity index is 0.000000201. The van der Waals surface area contributed by atoms with Crippen molar-refractivity contribution in [3.8, 4) is 12.0 Å². The molecule has 18 heteroatoms. The first-order chi connectivity index (χ1) is 25.0. The van der Waals surface area contributed by atoms with E-state index in [0.29, 0.717) is 46.7 Å². The minimum Gasteiger partial charge on any atom is -0.478 e. The number of aromatic nitrogens is 8. The molecule has 6 rings (SSSR count). The SMILES string of the molecule is CCCCOc1nc(N)c2[nH]c(=O)n(Cc3cccc(C(=O)O)c3)c2n1.CCCCOc1nc(N)c2[nH]c(=O)n(Cc3cccc(C(=O)O)c3)c2n1. The van der Waals surface area contributed by atoms with Crippen molar-refractivity contribution in [3.63, 3.8) is 0 Å². The van der Waals surface area contributed by atoms with Gasteiger partial charge >= 0.3 is 35.3 Å². The van der Waals surface area contributed by atoms with Crippen molar-refractivity contribution in [1.82, 2.24) is 39.0 Å². The topological polar surface area (TPSA) is 272 Å². The number of carboxylic acids is 2. The first kappa shape index (κ1) is 36.6. The van der Waals surface area contributed by atoms with Crippen molar-refractivity contribution in [3.05, 3.63) is 91.8 Å². The largest absolute Gasteiger partial charge is 0.478 e. The van der Waals surface area contributed by atoms with Crippen LogP contribution in [0.5, 0.6) is 12.0 Å². The highest BCUT2D eigenvalue weighted by Crippen LogP contribution is 2.20. The third-order valence-electron chi connectivity index (χ3n) is 7.75. The molecule has 4 aromatic heterocycles. The number of nitrogens with one attached hydrogen (secondary N) is 2. The number of hydrogen-bond acceptors (Lipinski definition) is 12. The minimum atomic E-state index is -1.03. The lowest BCUT2D eigenvalue weighted by Gasteiger charge is -2.07. The summed E-state index contributed by atoms with van der Waals surface area (Å²) >= 11 is 0. The smallest absolute Gasteiger partial charge is 0.335 e. The Morgan fingerprint density at radius 3 is 1.46 bits per heavy atom. The van der Waals surface area contributed by atoms with E-state index >= 15 is 0 Å². The Labute approximate surface area is 295 Å². The van der Waals surface area contributed by atoms with Gasteiger partial charge in [0.15, 0.2) is 22.9 Å². The molecule has 0 bridgehead atoms. The number of H-pyrrole nitrogens is 2. The standard InChI is InChI=1S/2C17H19N5O4/c2*1-2-3-7-26-16-20-13(18)12-14(21-16)22(17(25)19-12)9-10-5-4-6-11(8-10)15(23)24/h2*4-6,8H,2-3,7,9H2,1H3,(H,19,25)(H,23,24)(H2,18,20,21). The highest BCUT2D eigenvalue weighted by Gasteiger charge is 2.17. The molecule has 0 spiro atoms. The lowest BCUT2D eigenvalue weighted by Crippen LogP contribution is -2.18. The fraction of sp³-hybridized carbons (Fsp3) is 0.294. The molecule has 0 saturated carbocycles. The molecular formula is C34H38N10O8. The molecule has 2 aromatic carbocycles. The molecule has 0 aliphatic rings. The molecule has 0 saturated heterocycles. The second-order valence-corrected chi connectivity index (χ2v) is 11.6. The summed E-state index contributed by atoms with van der Waals surface area (Å²) in [7, 11) is 0. The zero-order valence-electron chi connectivity index (χ0n) is 28.5. The third kappa shape index (κ3) is 8.52. The van der Waals surface area contributed by atoms with Crippen LogP contribution in [0, 0.1) is 0 Å². The van der Waals surface area contributed by atoms with Gasteiger partial charge in [0.1, 0.15) is 11.0 Å². The van der Waals surface area contributed by atoms with Crippen molar-refractivity contribution in [2.24, 2.45) is 0 Å². The maximum absolute atomic E-state index is 12.3. The average Bonchev–Trinajstić information content (AvgIpc) is 3.61. The van der Waals surface area contributed by atoms with Crippen molar-refractivity contribution >= 4 is 45.9 Å². The Bertz CT molecular complexity index is 2180. The van der Waals surface area contributed by atoms with Gasteiger partial charge in [0, 0.05) is 0 Å². The number of carboxylic acid groups (broad SMARTS) is 2. The second-order valence-electron chi connectivity index (χ2n) is 11.6. The van der Waals surface area contributed by atoms with Crippen molar-refractivity contribution in [2.75, 3.05) is 24.7 Å². The number of anilines is 2. The molecular weight excluding hydrogens is 676 g/mol. The summed E-state index contributed by atoms with van der Waals surface area (Å²) in [6.07, 6.45) is 3.63. The van der Waals surface area contributed by atoms with E-state index < -0.39 is 23.3 Å². The van der Waals surface area contributed by atoms with E-state index in [-0.39, 0.29) is 47.9 Å². The van der Waals surface area contributed by atoms with Crippen LogP contribution < -0.4 is 32.3 Å². The second kappa shape index (κ2) is 16.3. The molecule has 0 aliphatic carbocycles. The summed E-state index contributed by atoms with van der Waals surface area (Å²) in [5.41, 5.74) is 13.9. The first-order valence-corrected chi connectivity index (χ1v) is 16.4. The zero-order valence-corrected chi connectivity index (χ0v) is 28.5. The van der Waals surface area contributed by atoms with Crippen LogP contribution in [-0.2, 0) is 13.1 Å². The van der Waals surface area contributed by atoms with Crippen molar-refractivity contribution in [1.29, 1.82) is 0 Å². The van der Waals surface area contributed by atoms with Gasteiger partial charge in [-0.15, -0.1) is 0 Å². The number of hydrogen-bond donors (Lipinski definition) is 6. The van der Waals surface area contributed by atoms with Gasteiger partial charge in [0.25, 0.3) is 0 Å². The number of nitrogens with two attached hydrogens (primary N) is 2. The van der Waals surface area contributed by atoms with Crippen LogP contribution in [-0.4, -0.2) is 74.4 Å². The molecule has 18 nitrogen and oxygen atoms in total. The fourth-order valence-electron chi connectivity index (χ4n) is 5.07. The Kier molecular flexibility index (Phi) is 11.5. The predicted octanol–water partition coefficient (Wildman–Crippen LogP) is 3.25. The van der Waals surface area contributed by atoms with Gasteiger partial charge in [-0.25, -0.2) is 19.2 Å². The first-order valence-electron chi connectivity index (χ1n) is 16.4. The van der Waals surface area contributed by atoms with Gasteiger partial charge in [-0.05, 0) is 48.2 Å². The average molecular weight is 715 g/mol. The molecule has 6 aromatic rings. The van der Waals surface area contributed by atoms with E-state index in [2.05, 4.69) is 29.9 Å². The number of nitrogens with zero attached hydrogens (tertiary/aromatic N) is 6. The Morgan fingerprint density at radius 2 is 1.10 bits per heavy atom. The minimum absolute atomic E-state index is 0.107. The van der Waals surface area contributed by atoms with Gasteiger partial charge in [-0.3, -0.25) is 9.13 Å². The van der Waals surface area contributed by atoms with E-state index in [0.717, 1.165) is 25.7 Å². The van der Waals surface area contributed by atoms with Crippen LogP contribution >= 0.6 is 0 Å². The Morgan fingerprint density at radius 1 is 0.692 bits per heavy atom. The number of aromatic carboxylic acids is 2. The van der Waals surface area contributed by atoms with Crippen LogP contribution in [0.15, 0.2) is 58.1 Å². The predicted molar refractivity (Wildman–Crippen MR) is 191 cm³/mol. The fourth-order valence-corrected chi connectivity index (χ4v) is 5.07. The number of carbonyl (C=O) groups is 2. The van der Waals surface area contributed by atoms with E-state index in [1.54, 1.807) is 24.3 Å². The number of nitrogen functional groups attached to an aromatic ring is 2. The van der Waals surface area contributed by atoms with Crippen molar-refractivity contribution < 1.29 is 29.3 Å². The summed E-state index contributed by atoms with van der Waals surface area (Å²) in [5, 5.41) is 18.2. The summed E-state index contributed by atoms with van der Waals surface area (Å²) < 4.78 is 13.7. The summed E-state index contributed by atoms with van der Waals surface area (Å²) in [4.78, 5) is 68.8. The van der Waals surface area contributed by atoms with E-state index in [4.69, 9.17) is 31.2 Å². The normalized spacial score (nSPS) is 11.0. The number of fused-ring (bicyclic) bond motifs is 2. The number of unbranched alkanes of at least 4 members (excludes halogenated alkanes) is 2. The quantitative estimate of drug-likeness (QED) is 0.0884. The summed E-state index contributed by atoms with van der Waals surface area (Å²) in [6.45, 7) is 5.27. The maximum Gasteiger partial charge on any atom is 0.335 e. The van der Waals surface area contributed by atoms with Crippen LogP contribution in [0.4, 0.5) is 11.6 Å². The Hall–Kier alpha value is -6.72. The number of benzene rings is 2. The molecule has 0 atom stereocenters. The molecule has 0 aliphatic heterocycles. The molecule has 52 heavy (non-hydrogen) atoms. The lowest BCUT2D eigenvalue weighted by atomic mass is 10.1. The number of imidazole rings is 2. The highest BCUT2D eigenvalue weighted by molar-refractivity contribution is 5.88. The van der Waals surface area contributed by atoms with E-state index in [1.165, 1.54) is 33.4 Å². The molecule has 0 amide bonds. The molecule has 8 N–H and O–H groups in total. The van der Waals surface area contributed by atoms with Gasteiger partial charge in [0.2, 0.25) is 0 Å². The number of rotatable bonds is 14. The molecule has 0 fully saturated rings. The van der Waals surface area contributed by atoms with E-state index in [1.807, 2.05) is 13.8 Å². The molecule has 4 heterocycles. The van der Waals surface area contributed by atoms with Gasteiger partial charge in [-0.1, -0.05) is 51.0 Å². The van der Waals surface area contributed by atoms with Gasteiger partial charge < -0.3 is 41.1 Å². The van der Waals surface area contributed by atoms with Crippen LogP contribution in [0.3, 0.4) is 0 Å². The molecule has 0 unspecified atom stereocenters. The van der Waals surface area contributed by atoms with Gasteiger partial charge in [-0.2, -0.15) is 19.9 Å². The number of aromatic amines is 2. The zero-order chi connectivity index (χ0) is 37.4. The lowest BCUT2D eigenvalue weighted by molar-refractivity contribution is 0.0686. The van der Waals surface area contributed by atoms with Crippen LogP contribution in [0.25, 0.3) is 22.3 Å². The monoisotopic (exact) mass is 714 g/mol. The summed E-state index contributed by atoms with van der Waals surface area (Å²) in [5.74, 6) is -1.82. The van der Waals surface area contributed by atoms with Crippen LogP contribution in [0.2, 0.25) is 0 Å². The maximum atomic E-state index is 12.3. The van der Waals surface area contributed by atoms with E-state index in [9.17, 15) is 19.2 Å². The molecule has 272 valence electrons. The summed E-state index contributed by atoms with van der Waals surface area (Å²) in [6, 6.07) is 12.9. The van der Waals surface area contributed by atoms with Crippen LogP contribution in [0.1, 0.15) is 71.4 Å². The number of ether oxygens (including phenoxy) is 2. The highest BCUT2D eigenvalue weighted by atomic mass is 16.5.